The number of ether oxygens (including phenoxy) is 1. The van der Waals surface area contributed by atoms with Crippen molar-refractivity contribution < 1.29 is 23.5 Å². The predicted molar refractivity (Wildman–Crippen MR) is 52.2 cm³/mol. The summed E-state index contributed by atoms with van der Waals surface area (Å²) >= 11 is 0. The molecule has 0 aromatic rings. The lowest BCUT2D eigenvalue weighted by Gasteiger charge is -2.09. The summed E-state index contributed by atoms with van der Waals surface area (Å²) in [5, 5.41) is 0. The van der Waals surface area contributed by atoms with Crippen molar-refractivity contribution in [1.82, 2.24) is 0 Å². The molecule has 1 unspecified atom stereocenters. The SMILES string of the molecule is CCOC(=O)CCCP(=O)(O)OCC. The molecule has 1 N–H and O–H groups in total. The fraction of sp³-hybridized carbons (Fsp3) is 0.875. The first kappa shape index (κ1) is 13.6. The summed E-state index contributed by atoms with van der Waals surface area (Å²) in [7, 11) is -3.48. The molecule has 1 atom stereocenters. The lowest BCUT2D eigenvalue weighted by Crippen LogP contribution is -2.05. The van der Waals surface area contributed by atoms with Crippen molar-refractivity contribution in [1.29, 1.82) is 0 Å². The monoisotopic (exact) mass is 224 g/mol. The van der Waals surface area contributed by atoms with E-state index in [4.69, 9.17) is 4.89 Å². The maximum absolute atomic E-state index is 11.1. The van der Waals surface area contributed by atoms with Crippen molar-refractivity contribution in [2.75, 3.05) is 19.4 Å². The van der Waals surface area contributed by atoms with E-state index in [1.54, 1.807) is 13.8 Å². The van der Waals surface area contributed by atoms with Crippen LogP contribution in [-0.2, 0) is 18.6 Å². The van der Waals surface area contributed by atoms with E-state index in [-0.39, 0.29) is 25.2 Å². The minimum atomic E-state index is -3.48. The Kier molecular flexibility index (Phi) is 6.79. The number of hydrogen-bond acceptors (Lipinski definition) is 4. The molecule has 14 heavy (non-hydrogen) atoms. The average molecular weight is 224 g/mol. The van der Waals surface area contributed by atoms with Crippen LogP contribution in [0.15, 0.2) is 0 Å². The Morgan fingerprint density at radius 3 is 2.50 bits per heavy atom. The molecule has 0 spiro atoms. The molecule has 0 rings (SSSR count). The quantitative estimate of drug-likeness (QED) is 0.524. The molecule has 0 bridgehead atoms. The van der Waals surface area contributed by atoms with Crippen molar-refractivity contribution in [3.8, 4) is 0 Å². The second-order valence-corrected chi connectivity index (χ2v) is 4.67. The largest absolute Gasteiger partial charge is 0.466 e. The molecular weight excluding hydrogens is 207 g/mol. The van der Waals surface area contributed by atoms with Gasteiger partial charge in [-0.1, -0.05) is 0 Å². The summed E-state index contributed by atoms with van der Waals surface area (Å²) in [5.41, 5.74) is 0. The van der Waals surface area contributed by atoms with Crippen LogP contribution < -0.4 is 0 Å². The van der Waals surface area contributed by atoms with Crippen molar-refractivity contribution in [3.05, 3.63) is 0 Å². The molecule has 0 radical (unpaired) electrons. The smallest absolute Gasteiger partial charge is 0.328 e. The van der Waals surface area contributed by atoms with Gasteiger partial charge in [0.2, 0.25) is 0 Å². The zero-order chi connectivity index (χ0) is 11.0. The van der Waals surface area contributed by atoms with Gasteiger partial charge in [-0.3, -0.25) is 9.36 Å². The number of esters is 1. The number of rotatable bonds is 7. The Hall–Kier alpha value is -0.380. The van der Waals surface area contributed by atoms with Gasteiger partial charge >= 0.3 is 13.6 Å². The summed E-state index contributed by atoms with van der Waals surface area (Å²) in [4.78, 5) is 20.0. The van der Waals surface area contributed by atoms with Crippen LogP contribution in [-0.4, -0.2) is 30.2 Å². The molecule has 0 aromatic heterocycles. The van der Waals surface area contributed by atoms with Crippen LogP contribution in [0.1, 0.15) is 26.7 Å². The van der Waals surface area contributed by atoms with Crippen LogP contribution >= 0.6 is 7.60 Å². The topological polar surface area (TPSA) is 72.8 Å². The maximum atomic E-state index is 11.1. The minimum Gasteiger partial charge on any atom is -0.466 e. The number of carbonyl (C=O) groups excluding carboxylic acids is 1. The van der Waals surface area contributed by atoms with E-state index < -0.39 is 7.60 Å². The number of hydrogen-bond donors (Lipinski definition) is 1. The van der Waals surface area contributed by atoms with Gasteiger partial charge in [-0.2, -0.15) is 0 Å². The second-order valence-electron chi connectivity index (χ2n) is 2.69. The Morgan fingerprint density at radius 1 is 1.36 bits per heavy atom. The fourth-order valence-electron chi connectivity index (χ4n) is 0.923. The first-order valence-corrected chi connectivity index (χ1v) is 6.40. The highest BCUT2D eigenvalue weighted by molar-refractivity contribution is 7.52. The summed E-state index contributed by atoms with van der Waals surface area (Å²) in [5.74, 6) is -0.344. The average Bonchev–Trinajstić information content (AvgIpc) is 2.03. The molecule has 0 heterocycles. The van der Waals surface area contributed by atoms with Gasteiger partial charge in [0.25, 0.3) is 0 Å². The Labute approximate surface area is 83.9 Å². The van der Waals surface area contributed by atoms with Crippen molar-refractivity contribution >= 4 is 13.6 Å². The van der Waals surface area contributed by atoms with Gasteiger partial charge in [0.15, 0.2) is 0 Å². The second kappa shape index (κ2) is 6.98. The van der Waals surface area contributed by atoms with Gasteiger partial charge in [0.1, 0.15) is 0 Å². The molecule has 0 saturated heterocycles. The summed E-state index contributed by atoms with van der Waals surface area (Å²) in [6.07, 6.45) is 0.470. The Balaban J connectivity index is 3.62. The molecule has 0 aliphatic heterocycles. The molecule has 0 saturated carbocycles. The molecule has 84 valence electrons. The third-order valence-corrected chi connectivity index (χ3v) is 3.00. The molecule has 6 heteroatoms. The molecule has 0 fully saturated rings. The van der Waals surface area contributed by atoms with Crippen molar-refractivity contribution in [2.45, 2.75) is 26.7 Å². The zero-order valence-corrected chi connectivity index (χ0v) is 9.46. The third-order valence-electron chi connectivity index (χ3n) is 1.46. The predicted octanol–water partition coefficient (Wildman–Crippen LogP) is 1.55. The van der Waals surface area contributed by atoms with Crippen LogP contribution in [0, 0.1) is 0 Å². The third kappa shape index (κ3) is 7.06. The summed E-state index contributed by atoms with van der Waals surface area (Å²) in [6, 6.07) is 0. The highest BCUT2D eigenvalue weighted by atomic mass is 31.2. The van der Waals surface area contributed by atoms with Gasteiger partial charge in [-0.15, -0.1) is 0 Å². The van der Waals surface area contributed by atoms with Crippen LogP contribution in [0.2, 0.25) is 0 Å². The first-order valence-electron chi connectivity index (χ1n) is 4.63. The number of carbonyl (C=O) groups is 1. The van der Waals surface area contributed by atoms with E-state index in [1.165, 1.54) is 0 Å². The summed E-state index contributed by atoms with van der Waals surface area (Å²) < 4.78 is 20.4. The molecule has 0 aliphatic carbocycles. The fourth-order valence-corrected chi connectivity index (χ4v) is 2.01. The molecule has 5 nitrogen and oxygen atoms in total. The van der Waals surface area contributed by atoms with E-state index in [2.05, 4.69) is 9.26 Å². The standard InChI is InChI=1S/C8H17O5P/c1-3-12-8(9)6-5-7-14(10,11)13-4-2/h3-7H2,1-2H3,(H,10,11). The van der Waals surface area contributed by atoms with Gasteiger partial charge in [0.05, 0.1) is 19.4 Å². The van der Waals surface area contributed by atoms with E-state index in [0.717, 1.165) is 0 Å². The molecular formula is C8H17O5P. The van der Waals surface area contributed by atoms with Gasteiger partial charge in [0, 0.05) is 6.42 Å². The van der Waals surface area contributed by atoms with Crippen molar-refractivity contribution in [2.24, 2.45) is 0 Å². The first-order chi connectivity index (χ1) is 6.52. The van der Waals surface area contributed by atoms with Crippen LogP contribution in [0.25, 0.3) is 0 Å². The highest BCUT2D eigenvalue weighted by Crippen LogP contribution is 2.42. The van der Waals surface area contributed by atoms with E-state index in [9.17, 15) is 9.36 Å². The summed E-state index contributed by atoms with van der Waals surface area (Å²) in [6.45, 7) is 3.90. The molecule has 0 aliphatic rings. The van der Waals surface area contributed by atoms with E-state index in [0.29, 0.717) is 13.0 Å². The van der Waals surface area contributed by atoms with Crippen LogP contribution in [0.3, 0.4) is 0 Å². The Morgan fingerprint density at radius 2 is 2.00 bits per heavy atom. The lowest BCUT2D eigenvalue weighted by molar-refractivity contribution is -0.143. The maximum Gasteiger partial charge on any atom is 0.328 e. The molecule has 0 aromatic carbocycles. The highest BCUT2D eigenvalue weighted by Gasteiger charge is 2.18. The molecule has 0 amide bonds. The normalized spacial score (nSPS) is 14.8. The Bertz CT molecular complexity index is 216. The van der Waals surface area contributed by atoms with Gasteiger partial charge in [-0.25, -0.2) is 0 Å². The van der Waals surface area contributed by atoms with Crippen LogP contribution in [0.5, 0.6) is 0 Å². The van der Waals surface area contributed by atoms with Crippen LogP contribution in [0.4, 0.5) is 0 Å². The minimum absolute atomic E-state index is 0.000343. The lowest BCUT2D eigenvalue weighted by atomic mass is 10.3. The van der Waals surface area contributed by atoms with Gasteiger partial charge in [-0.05, 0) is 20.3 Å². The van der Waals surface area contributed by atoms with E-state index >= 15 is 0 Å². The van der Waals surface area contributed by atoms with Crippen molar-refractivity contribution in [3.63, 3.8) is 0 Å². The van der Waals surface area contributed by atoms with E-state index in [1.807, 2.05) is 0 Å². The zero-order valence-electron chi connectivity index (χ0n) is 8.56. The van der Waals surface area contributed by atoms with Gasteiger partial charge < -0.3 is 14.2 Å².